The topological polar surface area (TPSA) is 83.5 Å². The van der Waals surface area contributed by atoms with Crippen LogP contribution in [0, 0.1) is 19.8 Å². The number of hydrogen-bond acceptors (Lipinski definition) is 7. The molecule has 202 valence electrons. The second kappa shape index (κ2) is 10.6. The summed E-state index contributed by atoms with van der Waals surface area (Å²) in [7, 11) is 6.31. The van der Waals surface area contributed by atoms with Crippen LogP contribution in [0.15, 0.2) is 42.5 Å². The standard InChI is InChI=1S/C31H36O7/c1-17-14-22-25(27(35-6)19(17)3)24-20(16-23(34-5)28(36-7)29(24)37-8)15-18(2)31(4,33)26(22)30(32)38-21-12-10-9-11-13-21/h9-14,16,18,26,33H,15H2,1-8H3/t18-,26-,31-/m0/s1. The van der Waals surface area contributed by atoms with E-state index in [1.54, 1.807) is 59.6 Å². The predicted molar refractivity (Wildman–Crippen MR) is 146 cm³/mol. The summed E-state index contributed by atoms with van der Waals surface area (Å²) in [5.74, 6) is 0.490. The number of carbonyl (C=O) groups excluding carboxylic acids is 1. The highest BCUT2D eigenvalue weighted by Gasteiger charge is 2.48. The Bertz CT molecular complexity index is 1340. The number of methoxy groups -OCH3 is 4. The van der Waals surface area contributed by atoms with Crippen molar-refractivity contribution in [1.82, 2.24) is 0 Å². The van der Waals surface area contributed by atoms with Crippen molar-refractivity contribution in [3.05, 3.63) is 64.7 Å². The van der Waals surface area contributed by atoms with Gasteiger partial charge in [-0.05, 0) is 73.6 Å². The normalized spacial score (nSPS) is 20.3. The number of hydrogen-bond donors (Lipinski definition) is 1. The van der Waals surface area contributed by atoms with Crippen LogP contribution in [-0.2, 0) is 11.2 Å². The summed E-state index contributed by atoms with van der Waals surface area (Å²) in [5.41, 5.74) is 3.23. The first-order valence-electron chi connectivity index (χ1n) is 12.6. The monoisotopic (exact) mass is 520 g/mol. The molecule has 0 radical (unpaired) electrons. The van der Waals surface area contributed by atoms with Crippen LogP contribution in [0.1, 0.15) is 42.0 Å². The zero-order valence-corrected chi connectivity index (χ0v) is 23.3. The SMILES string of the molecule is COc1cc2c(c(OC)c1OC)-c1c(cc(C)c(C)c1OC)[C@@H](C(=O)Oc1ccccc1)[C@@](C)(O)[C@@H](C)C2. The second-order valence-corrected chi connectivity index (χ2v) is 9.99. The molecule has 7 heteroatoms. The van der Waals surface area contributed by atoms with E-state index in [0.29, 0.717) is 46.3 Å². The quantitative estimate of drug-likeness (QED) is 0.333. The van der Waals surface area contributed by atoms with Crippen molar-refractivity contribution >= 4 is 5.97 Å². The van der Waals surface area contributed by atoms with Gasteiger partial charge in [0.05, 0.1) is 34.0 Å². The Morgan fingerprint density at radius 1 is 0.895 bits per heavy atom. The van der Waals surface area contributed by atoms with Gasteiger partial charge >= 0.3 is 5.97 Å². The van der Waals surface area contributed by atoms with Crippen LogP contribution in [0.5, 0.6) is 28.7 Å². The maximum Gasteiger partial charge on any atom is 0.321 e. The number of carbonyl (C=O) groups is 1. The average Bonchev–Trinajstić information content (AvgIpc) is 2.89. The molecule has 1 aliphatic rings. The highest BCUT2D eigenvalue weighted by atomic mass is 16.5. The summed E-state index contributed by atoms with van der Waals surface area (Å²) in [5, 5.41) is 12.1. The summed E-state index contributed by atoms with van der Waals surface area (Å²) in [6.45, 7) is 7.56. The third kappa shape index (κ3) is 4.45. The Morgan fingerprint density at radius 3 is 2.11 bits per heavy atom. The van der Waals surface area contributed by atoms with Gasteiger partial charge in [0.25, 0.3) is 0 Å². The molecule has 0 bridgehead atoms. The van der Waals surface area contributed by atoms with E-state index in [2.05, 4.69) is 0 Å². The van der Waals surface area contributed by atoms with E-state index >= 15 is 0 Å². The summed E-state index contributed by atoms with van der Waals surface area (Å²) in [6.07, 6.45) is 0.434. The van der Waals surface area contributed by atoms with Crippen LogP contribution in [0.3, 0.4) is 0 Å². The Balaban J connectivity index is 2.13. The van der Waals surface area contributed by atoms with Crippen molar-refractivity contribution in [1.29, 1.82) is 0 Å². The van der Waals surface area contributed by atoms with Crippen molar-refractivity contribution in [2.24, 2.45) is 5.92 Å². The average molecular weight is 521 g/mol. The summed E-state index contributed by atoms with van der Waals surface area (Å²) < 4.78 is 29.1. The minimum atomic E-state index is -1.47. The highest BCUT2D eigenvalue weighted by molar-refractivity contribution is 5.92. The molecule has 4 rings (SSSR count). The number of aryl methyl sites for hydroxylation is 1. The van der Waals surface area contributed by atoms with Gasteiger partial charge in [0.15, 0.2) is 11.5 Å². The number of esters is 1. The molecule has 0 heterocycles. The van der Waals surface area contributed by atoms with E-state index in [0.717, 1.165) is 22.3 Å². The molecule has 0 unspecified atom stereocenters. The fourth-order valence-electron chi connectivity index (χ4n) is 5.46. The first-order valence-corrected chi connectivity index (χ1v) is 12.6. The van der Waals surface area contributed by atoms with Crippen molar-refractivity contribution in [2.75, 3.05) is 28.4 Å². The maximum absolute atomic E-state index is 13.9. The van der Waals surface area contributed by atoms with E-state index in [4.69, 9.17) is 23.7 Å². The highest BCUT2D eigenvalue weighted by Crippen LogP contribution is 2.55. The number of benzene rings is 3. The summed E-state index contributed by atoms with van der Waals surface area (Å²) >= 11 is 0. The van der Waals surface area contributed by atoms with E-state index in [-0.39, 0.29) is 5.92 Å². The van der Waals surface area contributed by atoms with Gasteiger partial charge in [-0.25, -0.2) is 0 Å². The van der Waals surface area contributed by atoms with E-state index in [1.807, 2.05) is 39.0 Å². The zero-order chi connectivity index (χ0) is 27.8. The number of rotatable bonds is 6. The third-order valence-electron chi connectivity index (χ3n) is 7.80. The first kappa shape index (κ1) is 27.3. The van der Waals surface area contributed by atoms with Crippen LogP contribution in [0.4, 0.5) is 0 Å². The molecule has 38 heavy (non-hydrogen) atoms. The lowest BCUT2D eigenvalue weighted by Crippen LogP contribution is -2.46. The van der Waals surface area contributed by atoms with Gasteiger partial charge in [-0.15, -0.1) is 0 Å². The molecule has 3 aromatic carbocycles. The number of fused-ring (bicyclic) bond motifs is 3. The molecule has 0 saturated carbocycles. The molecule has 0 aliphatic heterocycles. The molecule has 0 fully saturated rings. The van der Waals surface area contributed by atoms with Crippen molar-refractivity contribution in [3.63, 3.8) is 0 Å². The lowest BCUT2D eigenvalue weighted by molar-refractivity contribution is -0.145. The molecular formula is C31H36O7. The van der Waals surface area contributed by atoms with Crippen LogP contribution >= 0.6 is 0 Å². The van der Waals surface area contributed by atoms with E-state index < -0.39 is 17.5 Å². The second-order valence-electron chi connectivity index (χ2n) is 9.99. The van der Waals surface area contributed by atoms with Gasteiger partial charge < -0.3 is 28.8 Å². The maximum atomic E-state index is 13.9. The summed E-state index contributed by atoms with van der Waals surface area (Å²) in [6, 6.07) is 12.7. The van der Waals surface area contributed by atoms with Gasteiger partial charge in [-0.2, -0.15) is 0 Å². The molecule has 1 aliphatic carbocycles. The fourth-order valence-corrected chi connectivity index (χ4v) is 5.46. The first-order chi connectivity index (χ1) is 18.1. The van der Waals surface area contributed by atoms with Gasteiger partial charge in [-0.3, -0.25) is 4.79 Å². The number of aliphatic hydroxyl groups is 1. The van der Waals surface area contributed by atoms with Crippen molar-refractivity contribution in [3.8, 4) is 39.9 Å². The smallest absolute Gasteiger partial charge is 0.321 e. The summed E-state index contributed by atoms with van der Waals surface area (Å²) in [4.78, 5) is 13.9. The Kier molecular flexibility index (Phi) is 7.61. The lowest BCUT2D eigenvalue weighted by Gasteiger charge is -2.40. The van der Waals surface area contributed by atoms with Gasteiger partial charge in [0.2, 0.25) is 5.75 Å². The van der Waals surface area contributed by atoms with Gasteiger partial charge in [-0.1, -0.05) is 31.2 Å². The Hall–Kier alpha value is -3.71. The van der Waals surface area contributed by atoms with Crippen LogP contribution < -0.4 is 23.7 Å². The van der Waals surface area contributed by atoms with E-state index in [9.17, 15) is 9.90 Å². The van der Waals surface area contributed by atoms with Gasteiger partial charge in [0.1, 0.15) is 17.4 Å². The number of ether oxygens (including phenoxy) is 5. The molecule has 3 aromatic rings. The van der Waals surface area contributed by atoms with Gasteiger partial charge in [0, 0.05) is 11.1 Å². The number of para-hydroxylation sites is 1. The largest absolute Gasteiger partial charge is 0.496 e. The predicted octanol–water partition coefficient (Wildman–Crippen LogP) is 5.64. The fraction of sp³-hybridized carbons (Fsp3) is 0.387. The molecule has 7 nitrogen and oxygen atoms in total. The molecule has 0 spiro atoms. The third-order valence-corrected chi connectivity index (χ3v) is 7.80. The zero-order valence-electron chi connectivity index (χ0n) is 23.3. The lowest BCUT2D eigenvalue weighted by atomic mass is 9.68. The Morgan fingerprint density at radius 2 is 1.53 bits per heavy atom. The molecule has 1 N–H and O–H groups in total. The molecule has 0 saturated heterocycles. The van der Waals surface area contributed by atoms with Crippen LogP contribution in [0.2, 0.25) is 0 Å². The minimum Gasteiger partial charge on any atom is -0.496 e. The van der Waals surface area contributed by atoms with E-state index in [1.165, 1.54) is 0 Å². The minimum absolute atomic E-state index is 0.349. The van der Waals surface area contributed by atoms with Crippen LogP contribution in [0.25, 0.3) is 11.1 Å². The Labute approximate surface area is 224 Å². The van der Waals surface area contributed by atoms with Crippen molar-refractivity contribution < 1.29 is 33.6 Å². The molecular weight excluding hydrogens is 484 g/mol. The molecule has 0 aromatic heterocycles. The van der Waals surface area contributed by atoms with Crippen molar-refractivity contribution in [2.45, 2.75) is 45.6 Å². The molecule has 3 atom stereocenters. The molecule has 0 amide bonds. The van der Waals surface area contributed by atoms with Crippen LogP contribution in [-0.4, -0.2) is 45.1 Å².